The quantitative estimate of drug-likeness (QED) is 0.358. The van der Waals surface area contributed by atoms with Crippen LogP contribution < -0.4 is 0 Å². The maximum atomic E-state index is 5.60. The zero-order valence-electron chi connectivity index (χ0n) is 15.5. The zero-order valence-corrected chi connectivity index (χ0v) is 15.5. The lowest BCUT2D eigenvalue weighted by Crippen LogP contribution is -2.45. The average Bonchev–Trinajstić information content (AvgIpc) is 2.43. The number of hydrogen-bond acceptors (Lipinski definition) is 3. The monoisotopic (exact) mass is 302 g/mol. The fourth-order valence-electron chi connectivity index (χ4n) is 3.06. The molecule has 0 saturated carbocycles. The highest BCUT2D eigenvalue weighted by atomic mass is 16.9. The third-order valence-electron chi connectivity index (χ3n) is 4.12. The first kappa shape index (κ1) is 20.9. The minimum atomic E-state index is -0.906. The Morgan fingerprint density at radius 2 is 1.24 bits per heavy atom. The van der Waals surface area contributed by atoms with Gasteiger partial charge in [-0.05, 0) is 18.3 Å². The van der Waals surface area contributed by atoms with Gasteiger partial charge in [-0.25, -0.2) is 0 Å². The van der Waals surface area contributed by atoms with E-state index in [0.717, 1.165) is 12.8 Å². The molecule has 0 rings (SSSR count). The molecule has 0 spiro atoms. The predicted octanol–water partition coefficient (Wildman–Crippen LogP) is 5.38. The molecule has 0 aromatic rings. The molecule has 0 saturated heterocycles. The van der Waals surface area contributed by atoms with Gasteiger partial charge in [0.1, 0.15) is 0 Å². The van der Waals surface area contributed by atoms with E-state index in [0.29, 0.717) is 0 Å². The first-order valence-electron chi connectivity index (χ1n) is 8.50. The van der Waals surface area contributed by atoms with Crippen LogP contribution in [0.15, 0.2) is 0 Å². The van der Waals surface area contributed by atoms with Crippen molar-refractivity contribution < 1.29 is 14.2 Å². The molecule has 0 aromatic carbocycles. The minimum absolute atomic E-state index is 0.230. The van der Waals surface area contributed by atoms with Crippen LogP contribution in [-0.4, -0.2) is 27.3 Å². The molecule has 128 valence electrons. The second kappa shape index (κ2) is 10.6. The molecule has 0 aliphatic rings. The maximum Gasteiger partial charge on any atom is 0.285 e. The van der Waals surface area contributed by atoms with E-state index in [2.05, 4.69) is 27.7 Å². The normalized spacial score (nSPS) is 14.4. The topological polar surface area (TPSA) is 27.7 Å². The maximum absolute atomic E-state index is 5.60. The smallest absolute Gasteiger partial charge is 0.285 e. The van der Waals surface area contributed by atoms with Gasteiger partial charge in [-0.1, -0.05) is 66.2 Å². The Labute approximate surface area is 132 Å². The summed E-state index contributed by atoms with van der Waals surface area (Å²) >= 11 is 0. The highest BCUT2D eigenvalue weighted by Gasteiger charge is 2.41. The summed E-state index contributed by atoms with van der Waals surface area (Å²) in [6, 6.07) is 0. The summed E-state index contributed by atoms with van der Waals surface area (Å²) in [6.45, 7) is 9.02. The van der Waals surface area contributed by atoms with Crippen molar-refractivity contribution >= 4 is 0 Å². The molecule has 1 unspecified atom stereocenters. The van der Waals surface area contributed by atoms with Crippen molar-refractivity contribution in [2.75, 3.05) is 21.3 Å². The lowest BCUT2D eigenvalue weighted by atomic mass is 9.81. The third-order valence-corrected chi connectivity index (χ3v) is 4.12. The van der Waals surface area contributed by atoms with Crippen molar-refractivity contribution in [1.29, 1.82) is 0 Å². The predicted molar refractivity (Wildman–Crippen MR) is 89.3 cm³/mol. The van der Waals surface area contributed by atoms with Crippen molar-refractivity contribution in [3.8, 4) is 0 Å². The minimum Gasteiger partial charge on any atom is -0.331 e. The van der Waals surface area contributed by atoms with Crippen molar-refractivity contribution in [1.82, 2.24) is 0 Å². The first-order chi connectivity index (χ1) is 9.85. The van der Waals surface area contributed by atoms with Crippen LogP contribution in [0, 0.1) is 11.3 Å². The van der Waals surface area contributed by atoms with E-state index in [1.165, 1.54) is 38.5 Å². The summed E-state index contributed by atoms with van der Waals surface area (Å²) in [5.41, 5.74) is 0.230. The molecule has 21 heavy (non-hydrogen) atoms. The van der Waals surface area contributed by atoms with Gasteiger partial charge in [0.25, 0.3) is 5.97 Å². The summed E-state index contributed by atoms with van der Waals surface area (Å²) < 4.78 is 16.8. The molecule has 3 heteroatoms. The highest BCUT2D eigenvalue weighted by molar-refractivity contribution is 4.77. The molecule has 0 amide bonds. The van der Waals surface area contributed by atoms with Crippen LogP contribution in [0.2, 0.25) is 0 Å². The van der Waals surface area contributed by atoms with Gasteiger partial charge in [-0.2, -0.15) is 0 Å². The molecule has 0 aromatic heterocycles. The van der Waals surface area contributed by atoms with E-state index in [4.69, 9.17) is 14.2 Å². The summed E-state index contributed by atoms with van der Waals surface area (Å²) in [7, 11) is 5.01. The summed E-state index contributed by atoms with van der Waals surface area (Å²) in [6.07, 6.45) is 9.93. The fourth-order valence-corrected chi connectivity index (χ4v) is 3.06. The molecule has 0 aliphatic carbocycles. The highest BCUT2D eigenvalue weighted by Crippen LogP contribution is 2.37. The zero-order chi connectivity index (χ0) is 16.4. The molecule has 0 N–H and O–H groups in total. The molecule has 0 radical (unpaired) electrons. The van der Waals surface area contributed by atoms with Gasteiger partial charge < -0.3 is 14.2 Å². The second-order valence-electron chi connectivity index (χ2n) is 7.23. The van der Waals surface area contributed by atoms with Gasteiger partial charge in [0, 0.05) is 27.2 Å². The van der Waals surface area contributed by atoms with Crippen LogP contribution in [-0.2, 0) is 14.2 Å². The standard InChI is InChI=1S/C18H38O3/c1-8-9-10-11-12-13-14-16(15-17(2,3)4)18(19-5,20-6)21-7/h16H,8-15H2,1-7H3. The summed E-state index contributed by atoms with van der Waals surface area (Å²) in [4.78, 5) is 0. The van der Waals surface area contributed by atoms with Crippen molar-refractivity contribution in [3.05, 3.63) is 0 Å². The largest absolute Gasteiger partial charge is 0.331 e. The van der Waals surface area contributed by atoms with E-state index in [1.807, 2.05) is 0 Å². The Kier molecular flexibility index (Phi) is 10.5. The lowest BCUT2D eigenvalue weighted by molar-refractivity contribution is -0.382. The Morgan fingerprint density at radius 1 is 0.762 bits per heavy atom. The molecule has 0 heterocycles. The van der Waals surface area contributed by atoms with Crippen LogP contribution in [0.3, 0.4) is 0 Å². The van der Waals surface area contributed by atoms with Gasteiger partial charge in [0.2, 0.25) is 0 Å². The van der Waals surface area contributed by atoms with E-state index in [-0.39, 0.29) is 11.3 Å². The number of unbranched alkanes of at least 4 members (excludes halogenated alkanes) is 5. The number of ether oxygens (including phenoxy) is 3. The molecule has 1 atom stereocenters. The molecule has 3 nitrogen and oxygen atoms in total. The Hall–Kier alpha value is -0.120. The van der Waals surface area contributed by atoms with Crippen molar-refractivity contribution in [2.45, 2.75) is 85.0 Å². The van der Waals surface area contributed by atoms with Gasteiger partial charge >= 0.3 is 0 Å². The fraction of sp³-hybridized carbons (Fsp3) is 1.00. The summed E-state index contributed by atoms with van der Waals surface area (Å²) in [5, 5.41) is 0. The van der Waals surface area contributed by atoms with Crippen LogP contribution in [0.1, 0.15) is 79.1 Å². The molecular formula is C18H38O3. The van der Waals surface area contributed by atoms with Crippen molar-refractivity contribution in [2.24, 2.45) is 11.3 Å². The number of rotatable bonds is 12. The molecule has 0 aliphatic heterocycles. The van der Waals surface area contributed by atoms with Crippen LogP contribution >= 0.6 is 0 Å². The van der Waals surface area contributed by atoms with Crippen LogP contribution in [0.25, 0.3) is 0 Å². The van der Waals surface area contributed by atoms with Gasteiger partial charge in [0.15, 0.2) is 0 Å². The average molecular weight is 302 g/mol. The number of hydrogen-bond donors (Lipinski definition) is 0. The third kappa shape index (κ3) is 8.18. The van der Waals surface area contributed by atoms with Gasteiger partial charge in [0.05, 0.1) is 0 Å². The van der Waals surface area contributed by atoms with Gasteiger partial charge in [-0.3, -0.25) is 0 Å². The van der Waals surface area contributed by atoms with Gasteiger partial charge in [-0.15, -0.1) is 0 Å². The van der Waals surface area contributed by atoms with Crippen molar-refractivity contribution in [3.63, 3.8) is 0 Å². The van der Waals surface area contributed by atoms with Crippen LogP contribution in [0.4, 0.5) is 0 Å². The molecule has 0 bridgehead atoms. The Morgan fingerprint density at radius 3 is 1.67 bits per heavy atom. The molecule has 0 fully saturated rings. The van der Waals surface area contributed by atoms with E-state index in [9.17, 15) is 0 Å². The van der Waals surface area contributed by atoms with Crippen LogP contribution in [0.5, 0.6) is 0 Å². The second-order valence-corrected chi connectivity index (χ2v) is 7.23. The van der Waals surface area contributed by atoms with E-state index in [1.54, 1.807) is 21.3 Å². The SMILES string of the molecule is CCCCCCCCC(CC(C)(C)C)C(OC)(OC)OC. The Bertz CT molecular complexity index is 233. The van der Waals surface area contributed by atoms with E-state index < -0.39 is 5.97 Å². The summed E-state index contributed by atoms with van der Waals surface area (Å²) in [5.74, 6) is -0.653. The Balaban J connectivity index is 4.53. The molecular weight excluding hydrogens is 264 g/mol. The number of methoxy groups -OCH3 is 3. The van der Waals surface area contributed by atoms with E-state index >= 15 is 0 Å². The lowest BCUT2D eigenvalue weighted by Gasteiger charge is -2.39. The first-order valence-corrected chi connectivity index (χ1v) is 8.50.